The third kappa shape index (κ3) is 5.08. The molecule has 3 saturated heterocycles. The third-order valence-electron chi connectivity index (χ3n) is 9.05. The van der Waals surface area contributed by atoms with E-state index in [1.54, 1.807) is 4.90 Å². The van der Waals surface area contributed by atoms with Crippen molar-refractivity contribution >= 4 is 34.4 Å². The first-order chi connectivity index (χ1) is 21.4. The number of piperazine rings is 1. The maximum Gasteiger partial charge on any atom is 0.417 e. The highest BCUT2D eigenvalue weighted by molar-refractivity contribution is 7.99. The molecule has 3 atom stereocenters. The number of ether oxygens (including phenoxy) is 1. The minimum absolute atomic E-state index is 0.00785. The standard InChI is InChI=1S/C30H27F6N5O3S/c1-2-23(42)38-3-5-39(6-4-38)28-19-10-20(30(34,35)36)24(25-21(32)7-15(31)8-22(25)33)27-26(19)41(29(43)37-28)11-17(14-45-27)40-12-18-9-16(40)13-44-18/h2,7-8,10,16-18H,1,3-6,9,11-14H2/t16-,17?,18-/m0/s1. The van der Waals surface area contributed by atoms with Gasteiger partial charge in [-0.15, -0.1) is 11.8 Å². The second kappa shape index (κ2) is 11.1. The summed E-state index contributed by atoms with van der Waals surface area (Å²) in [7, 11) is 0. The number of morpholine rings is 1. The maximum absolute atomic E-state index is 15.3. The Bertz CT molecular complexity index is 1770. The zero-order valence-electron chi connectivity index (χ0n) is 23.7. The summed E-state index contributed by atoms with van der Waals surface area (Å²) in [5, 5.41) is -0.00785. The molecule has 0 aliphatic carbocycles. The summed E-state index contributed by atoms with van der Waals surface area (Å²) in [5.74, 6) is -4.35. The van der Waals surface area contributed by atoms with E-state index in [4.69, 9.17) is 4.74 Å². The van der Waals surface area contributed by atoms with Gasteiger partial charge in [0.05, 0.1) is 29.4 Å². The van der Waals surface area contributed by atoms with Gasteiger partial charge < -0.3 is 14.5 Å². The van der Waals surface area contributed by atoms with Gasteiger partial charge in [-0.1, -0.05) is 6.58 Å². The maximum atomic E-state index is 15.3. The molecule has 1 aromatic heterocycles. The van der Waals surface area contributed by atoms with Crippen molar-refractivity contribution in [1.29, 1.82) is 0 Å². The number of carbonyl (C=O) groups excluding carboxylic acids is 1. The largest absolute Gasteiger partial charge is 0.417 e. The van der Waals surface area contributed by atoms with Crippen LogP contribution in [-0.4, -0.2) is 88.5 Å². The second-order valence-corrected chi connectivity index (χ2v) is 12.6. The summed E-state index contributed by atoms with van der Waals surface area (Å²) in [4.78, 5) is 35.4. The number of rotatable bonds is 4. The molecule has 4 aliphatic rings. The van der Waals surface area contributed by atoms with Crippen molar-refractivity contribution in [3.05, 3.63) is 64.4 Å². The van der Waals surface area contributed by atoms with Gasteiger partial charge in [-0.2, -0.15) is 18.2 Å². The summed E-state index contributed by atoms with van der Waals surface area (Å²) in [6, 6.07) is 1.23. The van der Waals surface area contributed by atoms with Gasteiger partial charge in [-0.3, -0.25) is 14.3 Å². The van der Waals surface area contributed by atoms with Crippen molar-refractivity contribution < 1.29 is 35.9 Å². The Hall–Kier alpha value is -3.56. The van der Waals surface area contributed by atoms with Crippen LogP contribution in [0, 0.1) is 17.5 Å². The fourth-order valence-electron chi connectivity index (χ4n) is 6.98. The number of amides is 1. The molecule has 1 amide bonds. The van der Waals surface area contributed by atoms with Crippen LogP contribution in [0.25, 0.3) is 22.0 Å². The lowest BCUT2D eigenvalue weighted by Crippen LogP contribution is -2.49. The van der Waals surface area contributed by atoms with E-state index in [-0.39, 0.29) is 84.2 Å². The molecule has 3 aromatic rings. The van der Waals surface area contributed by atoms with Crippen LogP contribution < -0.4 is 10.6 Å². The Morgan fingerprint density at radius 3 is 2.33 bits per heavy atom. The van der Waals surface area contributed by atoms with Crippen LogP contribution in [0.3, 0.4) is 0 Å². The molecule has 0 spiro atoms. The molecule has 45 heavy (non-hydrogen) atoms. The number of fused-ring (bicyclic) bond motifs is 2. The Morgan fingerprint density at radius 2 is 1.73 bits per heavy atom. The second-order valence-electron chi connectivity index (χ2n) is 11.6. The zero-order chi connectivity index (χ0) is 31.8. The molecule has 0 radical (unpaired) electrons. The number of aromatic nitrogens is 2. The molecule has 1 unspecified atom stereocenters. The van der Waals surface area contributed by atoms with Crippen molar-refractivity contribution in [2.24, 2.45) is 0 Å². The minimum Gasteiger partial charge on any atom is -0.375 e. The smallest absolute Gasteiger partial charge is 0.375 e. The Kier molecular flexibility index (Phi) is 7.40. The number of halogens is 6. The van der Waals surface area contributed by atoms with E-state index in [9.17, 15) is 27.2 Å². The van der Waals surface area contributed by atoms with Crippen LogP contribution in [-0.2, 0) is 22.3 Å². The summed E-state index contributed by atoms with van der Waals surface area (Å²) < 4.78 is 96.2. The van der Waals surface area contributed by atoms with E-state index < -0.39 is 46.0 Å². The van der Waals surface area contributed by atoms with E-state index in [1.165, 1.54) is 15.5 Å². The van der Waals surface area contributed by atoms with Gasteiger partial charge >= 0.3 is 11.9 Å². The lowest BCUT2D eigenvalue weighted by Gasteiger charge is -2.36. The molecule has 3 fully saturated rings. The first-order valence-electron chi connectivity index (χ1n) is 14.4. The summed E-state index contributed by atoms with van der Waals surface area (Å²) in [6.07, 6.45) is -3.10. The molecule has 238 valence electrons. The topological polar surface area (TPSA) is 70.9 Å². The molecule has 0 saturated carbocycles. The van der Waals surface area contributed by atoms with Gasteiger partial charge in [0.1, 0.15) is 23.3 Å². The number of likely N-dealkylation sites (tertiary alicyclic amines) is 1. The van der Waals surface area contributed by atoms with E-state index >= 15 is 8.78 Å². The summed E-state index contributed by atoms with van der Waals surface area (Å²) in [6.45, 7) is 5.45. The first-order valence-corrected chi connectivity index (χ1v) is 15.4. The van der Waals surface area contributed by atoms with Gasteiger partial charge in [0.2, 0.25) is 5.91 Å². The lowest BCUT2D eigenvalue weighted by molar-refractivity contribution is -0.137. The number of carbonyl (C=O) groups is 1. The lowest BCUT2D eigenvalue weighted by atomic mass is 9.95. The molecular weight excluding hydrogens is 624 g/mol. The van der Waals surface area contributed by atoms with Gasteiger partial charge in [0, 0.05) is 85.1 Å². The zero-order valence-corrected chi connectivity index (χ0v) is 24.6. The SMILES string of the molecule is C=CC(=O)N1CCN(c2nc(=O)n3c4c(c(-c5c(F)cc(F)cc5F)c(C(F)(F)F)cc24)SCC(N2C[C@@H]4C[C@H]2CO4)C3)CC1. The molecule has 7 rings (SSSR count). The van der Waals surface area contributed by atoms with Gasteiger partial charge in [0.25, 0.3) is 0 Å². The van der Waals surface area contributed by atoms with Gasteiger partial charge in [0.15, 0.2) is 0 Å². The fourth-order valence-corrected chi connectivity index (χ4v) is 8.35. The Balaban J connectivity index is 1.47. The predicted octanol–water partition coefficient (Wildman–Crippen LogP) is 4.28. The molecule has 5 heterocycles. The fraction of sp³-hybridized carbons (Fsp3) is 0.433. The number of anilines is 1. The van der Waals surface area contributed by atoms with Crippen LogP contribution in [0.2, 0.25) is 0 Å². The first kappa shape index (κ1) is 30.1. The molecule has 2 bridgehead atoms. The third-order valence-corrected chi connectivity index (χ3v) is 10.3. The van der Waals surface area contributed by atoms with Crippen molar-refractivity contribution in [2.45, 2.75) is 42.2 Å². The molecular formula is C30H27F6N5O3S. The highest BCUT2D eigenvalue weighted by atomic mass is 32.2. The van der Waals surface area contributed by atoms with E-state index in [0.29, 0.717) is 25.3 Å². The van der Waals surface area contributed by atoms with Crippen molar-refractivity contribution in [3.8, 4) is 11.1 Å². The molecule has 2 aromatic carbocycles. The number of benzene rings is 2. The molecule has 0 N–H and O–H groups in total. The normalized spacial score (nSPS) is 23.6. The Labute approximate surface area is 257 Å². The molecule has 8 nitrogen and oxygen atoms in total. The average molecular weight is 652 g/mol. The van der Waals surface area contributed by atoms with Crippen LogP contribution in [0.4, 0.5) is 32.2 Å². The number of hydrogen-bond acceptors (Lipinski definition) is 7. The van der Waals surface area contributed by atoms with Crippen molar-refractivity contribution in [1.82, 2.24) is 19.4 Å². The van der Waals surface area contributed by atoms with Gasteiger partial charge in [-0.05, 0) is 18.6 Å². The monoisotopic (exact) mass is 651 g/mol. The predicted molar refractivity (Wildman–Crippen MR) is 155 cm³/mol. The highest BCUT2D eigenvalue weighted by Gasteiger charge is 2.44. The Morgan fingerprint density at radius 1 is 1.02 bits per heavy atom. The van der Waals surface area contributed by atoms with E-state index in [1.807, 2.05) is 0 Å². The molecule has 15 heteroatoms. The van der Waals surface area contributed by atoms with E-state index in [0.717, 1.165) is 24.2 Å². The van der Waals surface area contributed by atoms with E-state index in [2.05, 4.69) is 16.5 Å². The number of hydrogen-bond donors (Lipinski definition) is 0. The number of alkyl halides is 3. The van der Waals surface area contributed by atoms with Crippen LogP contribution in [0.15, 0.2) is 40.5 Å². The van der Waals surface area contributed by atoms with Gasteiger partial charge in [-0.25, -0.2) is 18.0 Å². The quantitative estimate of drug-likeness (QED) is 0.308. The minimum atomic E-state index is -5.09. The van der Waals surface area contributed by atoms with Crippen molar-refractivity contribution in [2.75, 3.05) is 50.0 Å². The number of nitrogens with zero attached hydrogens (tertiary/aromatic N) is 5. The number of thioether (sulfide) groups is 1. The van der Waals surface area contributed by atoms with Crippen LogP contribution >= 0.6 is 11.8 Å². The summed E-state index contributed by atoms with van der Waals surface area (Å²) >= 11 is 0.989. The van der Waals surface area contributed by atoms with Crippen LogP contribution in [0.5, 0.6) is 0 Å². The van der Waals surface area contributed by atoms with Crippen LogP contribution in [0.1, 0.15) is 12.0 Å². The average Bonchev–Trinajstić information content (AvgIpc) is 3.57. The van der Waals surface area contributed by atoms with Crippen molar-refractivity contribution in [3.63, 3.8) is 0 Å². The molecule has 4 aliphatic heterocycles. The summed E-state index contributed by atoms with van der Waals surface area (Å²) in [5.41, 5.74) is -3.78. The highest BCUT2D eigenvalue weighted by Crippen LogP contribution is 2.50.